The van der Waals surface area contributed by atoms with Crippen LogP contribution in [-0.4, -0.2) is 37.7 Å². The van der Waals surface area contributed by atoms with Crippen molar-refractivity contribution in [2.24, 2.45) is 0 Å². The van der Waals surface area contributed by atoms with Crippen LogP contribution in [0.5, 0.6) is 0 Å². The first-order valence-corrected chi connectivity index (χ1v) is 4.36. The number of hydrogen-bond donors (Lipinski definition) is 1. The van der Waals surface area contributed by atoms with Crippen molar-refractivity contribution in [2.45, 2.75) is 37.9 Å². The van der Waals surface area contributed by atoms with Gasteiger partial charge in [0, 0.05) is 13.5 Å². The van der Waals surface area contributed by atoms with Gasteiger partial charge in [-0.1, -0.05) is 0 Å². The molecule has 2 heterocycles. The first-order valence-electron chi connectivity index (χ1n) is 4.36. The molecule has 0 aromatic heterocycles. The maximum Gasteiger partial charge on any atom is 0.407 e. The van der Waals surface area contributed by atoms with Gasteiger partial charge in [-0.05, 0) is 6.92 Å². The molecule has 0 aliphatic carbocycles. The number of ether oxygens (including phenoxy) is 3. The van der Waals surface area contributed by atoms with Gasteiger partial charge in [0.25, 0.3) is 0 Å². The second-order valence-corrected chi connectivity index (χ2v) is 3.36. The minimum absolute atomic E-state index is 0.0289. The lowest BCUT2D eigenvalue weighted by Crippen LogP contribution is -2.48. The van der Waals surface area contributed by atoms with Crippen molar-refractivity contribution < 1.29 is 19.0 Å². The number of carbonyl (C=O) groups is 1. The van der Waals surface area contributed by atoms with Crippen LogP contribution in [0.3, 0.4) is 0 Å². The van der Waals surface area contributed by atoms with E-state index in [0.717, 1.165) is 0 Å². The summed E-state index contributed by atoms with van der Waals surface area (Å²) in [5.41, 5.74) is 0. The van der Waals surface area contributed by atoms with Crippen LogP contribution in [0, 0.1) is 0 Å². The van der Waals surface area contributed by atoms with Crippen molar-refractivity contribution in [2.75, 3.05) is 7.11 Å². The molecule has 2 aliphatic heterocycles. The Morgan fingerprint density at radius 3 is 3.08 bits per heavy atom. The summed E-state index contributed by atoms with van der Waals surface area (Å²) >= 11 is 0. The predicted molar refractivity (Wildman–Crippen MR) is 43.2 cm³/mol. The topological polar surface area (TPSA) is 56.8 Å². The van der Waals surface area contributed by atoms with Gasteiger partial charge in [-0.2, -0.15) is 0 Å². The van der Waals surface area contributed by atoms with Gasteiger partial charge in [0.1, 0.15) is 6.10 Å². The van der Waals surface area contributed by atoms with Crippen molar-refractivity contribution >= 4 is 6.09 Å². The van der Waals surface area contributed by atoms with E-state index in [4.69, 9.17) is 14.2 Å². The van der Waals surface area contributed by atoms with Gasteiger partial charge < -0.3 is 19.5 Å². The molecule has 13 heavy (non-hydrogen) atoms. The van der Waals surface area contributed by atoms with Gasteiger partial charge in [-0.25, -0.2) is 4.79 Å². The molecule has 0 aromatic rings. The number of amides is 1. The summed E-state index contributed by atoms with van der Waals surface area (Å²) in [6.07, 6.45) is -0.223. The fourth-order valence-electron chi connectivity index (χ4n) is 1.82. The number of methoxy groups -OCH3 is 1. The smallest absolute Gasteiger partial charge is 0.407 e. The number of fused-ring (bicyclic) bond motifs is 1. The quantitative estimate of drug-likeness (QED) is 0.639. The fourth-order valence-corrected chi connectivity index (χ4v) is 1.82. The molecule has 2 fully saturated rings. The number of alkyl carbamates (subject to hydrolysis) is 1. The second kappa shape index (κ2) is 3.16. The van der Waals surface area contributed by atoms with E-state index in [-0.39, 0.29) is 30.6 Å². The molecule has 0 unspecified atom stereocenters. The zero-order valence-electron chi connectivity index (χ0n) is 7.65. The van der Waals surface area contributed by atoms with E-state index in [1.165, 1.54) is 0 Å². The van der Waals surface area contributed by atoms with Crippen molar-refractivity contribution in [1.29, 1.82) is 0 Å². The van der Waals surface area contributed by atoms with E-state index in [2.05, 4.69) is 5.32 Å². The second-order valence-electron chi connectivity index (χ2n) is 3.36. The van der Waals surface area contributed by atoms with E-state index < -0.39 is 0 Å². The minimum Gasteiger partial charge on any atom is -0.441 e. The van der Waals surface area contributed by atoms with Gasteiger partial charge in [-0.15, -0.1) is 0 Å². The maximum absolute atomic E-state index is 10.9. The SMILES string of the molecule is CO[C@H]1C[C@H]2NC(=O)O[C@H]2[C@H](C)O1. The molecule has 5 heteroatoms. The lowest BCUT2D eigenvalue weighted by atomic mass is 10.0. The van der Waals surface area contributed by atoms with Gasteiger partial charge in [0.15, 0.2) is 6.29 Å². The van der Waals surface area contributed by atoms with Crippen molar-refractivity contribution in [3.8, 4) is 0 Å². The molecule has 1 N–H and O–H groups in total. The first-order chi connectivity index (χ1) is 6.20. The minimum atomic E-state index is -0.359. The van der Waals surface area contributed by atoms with Crippen molar-refractivity contribution in [1.82, 2.24) is 5.32 Å². The highest BCUT2D eigenvalue weighted by Crippen LogP contribution is 2.26. The van der Waals surface area contributed by atoms with Gasteiger partial charge >= 0.3 is 6.09 Å². The van der Waals surface area contributed by atoms with Crippen LogP contribution in [0.15, 0.2) is 0 Å². The number of nitrogens with one attached hydrogen (secondary N) is 1. The van der Waals surface area contributed by atoms with E-state index in [1.807, 2.05) is 6.92 Å². The molecule has 4 atom stereocenters. The molecule has 1 amide bonds. The Morgan fingerprint density at radius 1 is 1.62 bits per heavy atom. The fraction of sp³-hybridized carbons (Fsp3) is 0.875. The van der Waals surface area contributed by atoms with E-state index in [1.54, 1.807) is 7.11 Å². The highest BCUT2D eigenvalue weighted by atomic mass is 16.7. The molecular formula is C8H13NO4. The molecule has 0 bridgehead atoms. The summed E-state index contributed by atoms with van der Waals surface area (Å²) < 4.78 is 15.6. The van der Waals surface area contributed by atoms with Crippen LogP contribution in [-0.2, 0) is 14.2 Å². The lowest BCUT2D eigenvalue weighted by Gasteiger charge is -2.33. The lowest BCUT2D eigenvalue weighted by molar-refractivity contribution is -0.204. The third-order valence-corrected chi connectivity index (χ3v) is 2.48. The molecule has 74 valence electrons. The molecule has 0 saturated carbocycles. The Kier molecular flexibility index (Phi) is 2.13. The Bertz CT molecular complexity index is 220. The zero-order chi connectivity index (χ0) is 9.42. The Morgan fingerprint density at radius 2 is 2.38 bits per heavy atom. The molecular weight excluding hydrogens is 174 g/mol. The van der Waals surface area contributed by atoms with Crippen LogP contribution in [0.25, 0.3) is 0 Å². The molecule has 0 radical (unpaired) electrons. The van der Waals surface area contributed by atoms with Crippen LogP contribution in [0.2, 0.25) is 0 Å². The van der Waals surface area contributed by atoms with Gasteiger partial charge in [0.05, 0.1) is 12.1 Å². The van der Waals surface area contributed by atoms with Gasteiger partial charge in [0.2, 0.25) is 0 Å². The molecule has 2 saturated heterocycles. The monoisotopic (exact) mass is 187 g/mol. The summed E-state index contributed by atoms with van der Waals surface area (Å²) in [5, 5.41) is 2.73. The summed E-state index contributed by atoms with van der Waals surface area (Å²) in [4.78, 5) is 10.9. The Hall–Kier alpha value is -0.810. The number of rotatable bonds is 1. The average molecular weight is 187 g/mol. The molecule has 0 aromatic carbocycles. The summed E-state index contributed by atoms with van der Waals surface area (Å²) in [7, 11) is 1.59. The predicted octanol–water partition coefficient (Wildman–Crippen LogP) is 0.245. The standard InChI is InChI=1S/C8H13NO4/c1-4-7-5(9-8(10)13-7)3-6(11-2)12-4/h4-7H,3H2,1-2H3,(H,9,10)/t4-,5+,6+,7-/m0/s1. The molecule has 5 nitrogen and oxygen atoms in total. The summed E-state index contributed by atoms with van der Waals surface area (Å²) in [6.45, 7) is 1.88. The zero-order valence-corrected chi connectivity index (χ0v) is 7.65. The first kappa shape index (κ1) is 8.77. The van der Waals surface area contributed by atoms with Crippen molar-refractivity contribution in [3.63, 3.8) is 0 Å². The third-order valence-electron chi connectivity index (χ3n) is 2.48. The molecule has 2 aliphatic rings. The third kappa shape index (κ3) is 1.49. The van der Waals surface area contributed by atoms with Crippen LogP contribution in [0.1, 0.15) is 13.3 Å². The molecule has 2 rings (SSSR count). The number of hydrogen-bond acceptors (Lipinski definition) is 4. The van der Waals surface area contributed by atoms with E-state index in [9.17, 15) is 4.79 Å². The summed E-state index contributed by atoms with van der Waals surface area (Å²) in [5.74, 6) is 0. The number of carbonyl (C=O) groups excluding carboxylic acids is 1. The van der Waals surface area contributed by atoms with E-state index >= 15 is 0 Å². The van der Waals surface area contributed by atoms with Crippen LogP contribution in [0.4, 0.5) is 4.79 Å². The van der Waals surface area contributed by atoms with Crippen LogP contribution >= 0.6 is 0 Å². The highest BCUT2D eigenvalue weighted by molar-refractivity contribution is 5.70. The Labute approximate surface area is 76.3 Å². The van der Waals surface area contributed by atoms with Crippen molar-refractivity contribution in [3.05, 3.63) is 0 Å². The summed E-state index contributed by atoms with van der Waals surface area (Å²) in [6, 6.07) is 0.0289. The van der Waals surface area contributed by atoms with Gasteiger partial charge in [-0.3, -0.25) is 0 Å². The Balaban J connectivity index is 2.05. The average Bonchev–Trinajstić information content (AvgIpc) is 2.46. The normalized spacial score (nSPS) is 43.7. The highest BCUT2D eigenvalue weighted by Gasteiger charge is 2.44. The molecule has 0 spiro atoms. The largest absolute Gasteiger partial charge is 0.441 e. The van der Waals surface area contributed by atoms with E-state index in [0.29, 0.717) is 6.42 Å². The maximum atomic E-state index is 10.9. The van der Waals surface area contributed by atoms with Crippen LogP contribution < -0.4 is 5.32 Å².